The molecule has 0 N–H and O–H groups in total. The fraction of sp³-hybridized carbons (Fsp3) is 0.143. The second-order valence-corrected chi connectivity index (χ2v) is 7.07. The van der Waals surface area contributed by atoms with E-state index in [9.17, 15) is 0 Å². The molecule has 0 radical (unpaired) electrons. The van der Waals surface area contributed by atoms with Gasteiger partial charge in [0.15, 0.2) is 0 Å². The van der Waals surface area contributed by atoms with E-state index in [2.05, 4.69) is 82.1 Å². The molecule has 0 heterocycles. The highest BCUT2D eigenvalue weighted by Crippen LogP contribution is 2.36. The highest BCUT2D eigenvalue weighted by atomic mass is 14.2. The maximum Gasteiger partial charge on any atom is -0.00278 e. The first-order chi connectivity index (χ1) is 13.4. The number of allylic oxidation sites excluding steroid dienone is 8. The number of benzene rings is 2. The normalized spacial score (nSPS) is 12.6. The van der Waals surface area contributed by atoms with Crippen LogP contribution in [0.15, 0.2) is 115 Å². The summed E-state index contributed by atoms with van der Waals surface area (Å²) in [5.74, 6) is 0. The molecule has 2 aromatic carbocycles. The van der Waals surface area contributed by atoms with Crippen LogP contribution < -0.4 is 0 Å². The van der Waals surface area contributed by atoms with Gasteiger partial charge in [-0.3, -0.25) is 0 Å². The zero-order valence-corrected chi connectivity index (χ0v) is 17.5. The van der Waals surface area contributed by atoms with Crippen LogP contribution in [0.1, 0.15) is 36.1 Å². The Balaban J connectivity index is 2.80. The summed E-state index contributed by atoms with van der Waals surface area (Å²) in [7, 11) is 0. The average Bonchev–Trinajstić information content (AvgIpc) is 2.69. The van der Waals surface area contributed by atoms with Crippen molar-refractivity contribution in [3.8, 4) is 0 Å². The van der Waals surface area contributed by atoms with E-state index in [0.717, 1.165) is 22.3 Å². The monoisotopic (exact) mass is 366 g/mol. The summed E-state index contributed by atoms with van der Waals surface area (Å²) >= 11 is 0. The molecule has 142 valence electrons. The van der Waals surface area contributed by atoms with Gasteiger partial charge < -0.3 is 0 Å². The maximum absolute atomic E-state index is 4.37. The lowest BCUT2D eigenvalue weighted by Gasteiger charge is -2.20. The summed E-state index contributed by atoms with van der Waals surface area (Å²) in [6.45, 7) is 20.9. The molecule has 0 amide bonds. The van der Waals surface area contributed by atoms with Gasteiger partial charge in [-0.05, 0) is 72.3 Å². The van der Waals surface area contributed by atoms with E-state index in [1.165, 1.54) is 27.8 Å². The van der Waals surface area contributed by atoms with Crippen molar-refractivity contribution >= 4 is 5.57 Å². The van der Waals surface area contributed by atoms with E-state index in [1.54, 1.807) is 0 Å². The fourth-order valence-corrected chi connectivity index (χ4v) is 3.25. The Morgan fingerprint density at radius 3 is 2.18 bits per heavy atom. The molecule has 0 bridgehead atoms. The van der Waals surface area contributed by atoms with Crippen LogP contribution in [0.3, 0.4) is 0 Å². The molecule has 0 saturated heterocycles. The van der Waals surface area contributed by atoms with Crippen molar-refractivity contribution in [1.29, 1.82) is 0 Å². The lowest BCUT2D eigenvalue weighted by Crippen LogP contribution is -2.00. The Kier molecular flexibility index (Phi) is 7.35. The van der Waals surface area contributed by atoms with Gasteiger partial charge in [0.2, 0.25) is 0 Å². The van der Waals surface area contributed by atoms with E-state index < -0.39 is 0 Å². The number of hydrogen-bond acceptors (Lipinski definition) is 0. The minimum atomic E-state index is 0.938. The fourth-order valence-electron chi connectivity index (χ4n) is 3.25. The van der Waals surface area contributed by atoms with E-state index in [0.29, 0.717) is 0 Å². The molecule has 0 spiro atoms. The molecular weight excluding hydrogens is 336 g/mol. The number of rotatable bonds is 7. The van der Waals surface area contributed by atoms with E-state index >= 15 is 0 Å². The minimum Gasteiger partial charge on any atom is -0.0985 e. The van der Waals surface area contributed by atoms with Gasteiger partial charge in [-0.2, -0.15) is 0 Å². The first kappa shape index (κ1) is 21.2. The van der Waals surface area contributed by atoms with Gasteiger partial charge in [0, 0.05) is 0 Å². The molecule has 0 heteroatoms. The Morgan fingerprint density at radius 2 is 1.61 bits per heavy atom. The molecule has 0 atom stereocenters. The standard InChI is InChI=1S/C28H30/c1-8-24(9-2)18-17-23(7)27(20(3)4)28(25-13-11-10-12-14-25)26-19-21(5)15-16-22(26)6/h8-19H,1,3,7H2,2,4-6H3/b18-17+,24-9+,28-27+. The molecule has 0 unspecified atom stereocenters. The zero-order chi connectivity index (χ0) is 20.7. The first-order valence-corrected chi connectivity index (χ1v) is 9.58. The van der Waals surface area contributed by atoms with Gasteiger partial charge in [-0.15, -0.1) is 0 Å². The van der Waals surface area contributed by atoms with Gasteiger partial charge in [0.05, 0.1) is 0 Å². The smallest absolute Gasteiger partial charge is 0.00278 e. The van der Waals surface area contributed by atoms with E-state index in [1.807, 2.05) is 38.1 Å². The summed E-state index contributed by atoms with van der Waals surface area (Å²) in [6, 6.07) is 17.1. The Bertz CT molecular complexity index is 976. The summed E-state index contributed by atoms with van der Waals surface area (Å²) in [5.41, 5.74) is 10.1. The molecule has 0 fully saturated rings. The van der Waals surface area contributed by atoms with Crippen LogP contribution in [0, 0.1) is 13.8 Å². The molecule has 28 heavy (non-hydrogen) atoms. The van der Waals surface area contributed by atoms with E-state index in [-0.39, 0.29) is 0 Å². The maximum atomic E-state index is 4.37. The van der Waals surface area contributed by atoms with Crippen molar-refractivity contribution in [2.24, 2.45) is 0 Å². The van der Waals surface area contributed by atoms with Crippen LogP contribution in [0.5, 0.6) is 0 Å². The number of hydrogen-bond donors (Lipinski definition) is 0. The van der Waals surface area contributed by atoms with Crippen molar-refractivity contribution < 1.29 is 0 Å². The zero-order valence-electron chi connectivity index (χ0n) is 17.5. The van der Waals surface area contributed by atoms with Crippen LogP contribution >= 0.6 is 0 Å². The summed E-state index contributed by atoms with van der Waals surface area (Å²) < 4.78 is 0. The first-order valence-electron chi connectivity index (χ1n) is 9.58. The predicted molar refractivity (Wildman–Crippen MR) is 125 cm³/mol. The lowest BCUT2D eigenvalue weighted by molar-refractivity contribution is 1.33. The largest absolute Gasteiger partial charge is 0.0985 e. The SMILES string of the molecule is C=CC(/C=C/C(=C)/C(C(=C)C)=C(\c1ccccc1)c1cc(C)ccc1C)=C\C. The lowest BCUT2D eigenvalue weighted by atomic mass is 9.84. The van der Waals surface area contributed by atoms with Crippen molar-refractivity contribution in [3.05, 3.63) is 137 Å². The third-order valence-electron chi connectivity index (χ3n) is 4.77. The molecule has 0 aliphatic rings. The highest BCUT2D eigenvalue weighted by molar-refractivity contribution is 5.89. The molecule has 0 aliphatic carbocycles. The van der Waals surface area contributed by atoms with E-state index in [4.69, 9.17) is 0 Å². The van der Waals surface area contributed by atoms with Crippen LogP contribution in [0.4, 0.5) is 0 Å². The van der Waals surface area contributed by atoms with Gasteiger partial charge >= 0.3 is 0 Å². The molecule has 2 aromatic rings. The van der Waals surface area contributed by atoms with Crippen LogP contribution in [-0.4, -0.2) is 0 Å². The Morgan fingerprint density at radius 1 is 0.929 bits per heavy atom. The second-order valence-electron chi connectivity index (χ2n) is 7.07. The second kappa shape index (κ2) is 9.71. The van der Waals surface area contributed by atoms with Crippen molar-refractivity contribution in [2.45, 2.75) is 27.7 Å². The average molecular weight is 367 g/mol. The third-order valence-corrected chi connectivity index (χ3v) is 4.77. The Labute approximate surface area is 170 Å². The van der Waals surface area contributed by atoms with Crippen molar-refractivity contribution in [1.82, 2.24) is 0 Å². The summed E-state index contributed by atoms with van der Waals surface area (Å²) in [5, 5.41) is 0. The number of aryl methyl sites for hydroxylation is 2. The van der Waals surface area contributed by atoms with Gasteiger partial charge in [-0.1, -0.05) is 98.1 Å². The topological polar surface area (TPSA) is 0 Å². The van der Waals surface area contributed by atoms with Gasteiger partial charge in [-0.25, -0.2) is 0 Å². The molecule has 2 rings (SSSR count). The molecule has 0 aromatic heterocycles. The molecular formula is C28H30. The van der Waals surface area contributed by atoms with Gasteiger partial charge in [0.25, 0.3) is 0 Å². The quantitative estimate of drug-likeness (QED) is 0.436. The predicted octanol–water partition coefficient (Wildman–Crippen LogP) is 7.93. The summed E-state index contributed by atoms with van der Waals surface area (Å²) in [4.78, 5) is 0. The highest BCUT2D eigenvalue weighted by Gasteiger charge is 2.16. The molecule has 0 saturated carbocycles. The van der Waals surface area contributed by atoms with Gasteiger partial charge in [0.1, 0.15) is 0 Å². The minimum absolute atomic E-state index is 0.938. The summed E-state index contributed by atoms with van der Waals surface area (Å²) in [6.07, 6.45) is 7.97. The van der Waals surface area contributed by atoms with Crippen LogP contribution in [-0.2, 0) is 0 Å². The van der Waals surface area contributed by atoms with Crippen LogP contribution in [0.25, 0.3) is 5.57 Å². The Hall–Kier alpha value is -3.12. The van der Waals surface area contributed by atoms with Crippen LogP contribution in [0.2, 0.25) is 0 Å². The van der Waals surface area contributed by atoms with Crippen molar-refractivity contribution in [3.63, 3.8) is 0 Å². The van der Waals surface area contributed by atoms with Crippen molar-refractivity contribution in [2.75, 3.05) is 0 Å². The molecule has 0 nitrogen and oxygen atoms in total. The third kappa shape index (κ3) is 4.98. The molecule has 0 aliphatic heterocycles.